The quantitative estimate of drug-likeness (QED) is 0.507. The topological polar surface area (TPSA) is 49.4 Å². The molecule has 30 heavy (non-hydrogen) atoms. The van der Waals surface area contributed by atoms with Crippen molar-refractivity contribution in [1.29, 1.82) is 0 Å². The van der Waals surface area contributed by atoms with Gasteiger partial charge in [0.1, 0.15) is 6.04 Å². The minimum absolute atomic E-state index is 0.00306. The Kier molecular flexibility index (Phi) is 9.47. The van der Waals surface area contributed by atoms with E-state index in [0.717, 1.165) is 5.56 Å². The molecule has 0 radical (unpaired) electrons. The van der Waals surface area contributed by atoms with Crippen molar-refractivity contribution in [3.8, 4) is 0 Å². The summed E-state index contributed by atoms with van der Waals surface area (Å²) in [6.45, 7) is 6.68. The molecule has 0 aliphatic rings. The van der Waals surface area contributed by atoms with E-state index in [1.165, 1.54) is 0 Å². The monoisotopic (exact) mass is 468 g/mol. The number of halogens is 3. The molecule has 0 aliphatic heterocycles. The molecule has 0 aliphatic carbocycles. The summed E-state index contributed by atoms with van der Waals surface area (Å²) in [5.74, 6) is -0.116. The molecule has 1 atom stereocenters. The second-order valence-corrected chi connectivity index (χ2v) is 8.77. The van der Waals surface area contributed by atoms with Crippen molar-refractivity contribution >= 4 is 46.6 Å². The van der Waals surface area contributed by atoms with E-state index in [1.54, 1.807) is 29.2 Å². The molecule has 0 saturated carbocycles. The molecule has 2 aromatic carbocycles. The van der Waals surface area contributed by atoms with Gasteiger partial charge >= 0.3 is 0 Å². The fourth-order valence-corrected chi connectivity index (χ4v) is 3.83. The Morgan fingerprint density at radius 3 is 2.13 bits per heavy atom. The van der Waals surface area contributed by atoms with Crippen LogP contribution in [0.2, 0.25) is 15.1 Å². The van der Waals surface area contributed by atoms with E-state index in [4.69, 9.17) is 34.8 Å². The van der Waals surface area contributed by atoms with Crippen LogP contribution in [0.25, 0.3) is 0 Å². The Balaban J connectivity index is 2.35. The lowest BCUT2D eigenvalue weighted by atomic mass is 10.1. The maximum absolute atomic E-state index is 13.4. The van der Waals surface area contributed by atoms with Crippen molar-refractivity contribution in [1.82, 2.24) is 10.2 Å². The van der Waals surface area contributed by atoms with Gasteiger partial charge in [0.25, 0.3) is 0 Å². The third kappa shape index (κ3) is 6.63. The van der Waals surface area contributed by atoms with Crippen molar-refractivity contribution in [3.63, 3.8) is 0 Å². The minimum atomic E-state index is -0.631. The van der Waals surface area contributed by atoms with E-state index in [-0.39, 0.29) is 24.8 Å². The maximum atomic E-state index is 13.4. The standard InChI is InChI=1S/C23H27Cl3N2O2/c1-4-21(23(30)27-13-15(2)3)28(14-16-8-5-6-9-18(16)24)22(29)12-17-19(25)10-7-11-20(17)26/h5-11,15,21H,4,12-14H2,1-3H3,(H,27,30)/t21-/m1/s1. The lowest BCUT2D eigenvalue weighted by Crippen LogP contribution is -2.50. The van der Waals surface area contributed by atoms with Crippen LogP contribution in [-0.4, -0.2) is 29.3 Å². The third-order valence-corrected chi connectivity index (χ3v) is 5.84. The van der Waals surface area contributed by atoms with Gasteiger partial charge in [-0.3, -0.25) is 9.59 Å². The zero-order chi connectivity index (χ0) is 22.3. The summed E-state index contributed by atoms with van der Waals surface area (Å²) in [7, 11) is 0. The minimum Gasteiger partial charge on any atom is -0.354 e. The second-order valence-electron chi connectivity index (χ2n) is 7.55. The summed E-state index contributed by atoms with van der Waals surface area (Å²) in [5.41, 5.74) is 1.32. The van der Waals surface area contributed by atoms with Crippen LogP contribution >= 0.6 is 34.8 Å². The summed E-state index contributed by atoms with van der Waals surface area (Å²) in [5, 5.41) is 4.33. The van der Waals surface area contributed by atoms with Gasteiger partial charge in [-0.1, -0.05) is 79.8 Å². The molecular formula is C23H27Cl3N2O2. The van der Waals surface area contributed by atoms with Crippen molar-refractivity contribution in [2.75, 3.05) is 6.54 Å². The van der Waals surface area contributed by atoms with Crippen molar-refractivity contribution in [3.05, 3.63) is 68.7 Å². The average molecular weight is 470 g/mol. The molecule has 0 unspecified atom stereocenters. The number of hydrogen-bond donors (Lipinski definition) is 1. The predicted octanol–water partition coefficient (Wildman–Crippen LogP) is 5.77. The Bertz CT molecular complexity index is 866. The lowest BCUT2D eigenvalue weighted by molar-refractivity contribution is -0.141. The Morgan fingerprint density at radius 2 is 1.57 bits per heavy atom. The molecule has 2 amide bonds. The average Bonchev–Trinajstić information content (AvgIpc) is 2.70. The van der Waals surface area contributed by atoms with Crippen molar-refractivity contribution in [2.24, 2.45) is 5.92 Å². The zero-order valence-electron chi connectivity index (χ0n) is 17.4. The molecule has 0 bridgehead atoms. The van der Waals surface area contributed by atoms with Crippen LogP contribution < -0.4 is 5.32 Å². The fourth-order valence-electron chi connectivity index (χ4n) is 3.11. The smallest absolute Gasteiger partial charge is 0.242 e. The summed E-state index contributed by atoms with van der Waals surface area (Å²) in [4.78, 5) is 27.8. The number of carbonyl (C=O) groups excluding carboxylic acids is 2. The highest BCUT2D eigenvalue weighted by Crippen LogP contribution is 2.27. The number of benzene rings is 2. The molecular weight excluding hydrogens is 443 g/mol. The van der Waals surface area contributed by atoms with E-state index < -0.39 is 6.04 Å². The molecule has 2 rings (SSSR count). The van der Waals surface area contributed by atoms with Crippen LogP contribution in [0.3, 0.4) is 0 Å². The zero-order valence-corrected chi connectivity index (χ0v) is 19.7. The third-order valence-electron chi connectivity index (χ3n) is 4.76. The largest absolute Gasteiger partial charge is 0.354 e. The first kappa shape index (κ1) is 24.5. The highest BCUT2D eigenvalue weighted by molar-refractivity contribution is 6.36. The molecule has 0 spiro atoms. The van der Waals surface area contributed by atoms with Crippen LogP contribution in [-0.2, 0) is 22.6 Å². The van der Waals surface area contributed by atoms with Gasteiger partial charge in [0.05, 0.1) is 6.42 Å². The molecule has 0 aromatic heterocycles. The van der Waals surface area contributed by atoms with E-state index in [2.05, 4.69) is 5.32 Å². The van der Waals surface area contributed by atoms with Gasteiger partial charge < -0.3 is 10.2 Å². The van der Waals surface area contributed by atoms with E-state index in [9.17, 15) is 9.59 Å². The number of amides is 2. The number of carbonyl (C=O) groups is 2. The van der Waals surface area contributed by atoms with Crippen LogP contribution in [0.4, 0.5) is 0 Å². The number of nitrogens with zero attached hydrogens (tertiary/aromatic N) is 1. The van der Waals surface area contributed by atoms with Gasteiger partial charge in [-0.15, -0.1) is 0 Å². The second kappa shape index (κ2) is 11.6. The van der Waals surface area contributed by atoms with Gasteiger partial charge in [-0.2, -0.15) is 0 Å². The molecule has 7 heteroatoms. The highest BCUT2D eigenvalue weighted by atomic mass is 35.5. The Hall–Kier alpha value is -1.75. The van der Waals surface area contributed by atoms with Crippen LogP contribution in [0.5, 0.6) is 0 Å². The maximum Gasteiger partial charge on any atom is 0.242 e. The van der Waals surface area contributed by atoms with E-state index >= 15 is 0 Å². The number of rotatable bonds is 9. The first-order valence-electron chi connectivity index (χ1n) is 9.98. The number of nitrogens with one attached hydrogen (secondary N) is 1. The molecule has 1 N–H and O–H groups in total. The SMILES string of the molecule is CC[C@H](C(=O)NCC(C)C)N(Cc1ccccc1Cl)C(=O)Cc1c(Cl)cccc1Cl. The van der Waals surface area contributed by atoms with Gasteiger partial charge in [-0.05, 0) is 41.7 Å². The van der Waals surface area contributed by atoms with Gasteiger partial charge in [0.15, 0.2) is 0 Å². The lowest BCUT2D eigenvalue weighted by Gasteiger charge is -2.31. The molecule has 0 heterocycles. The first-order valence-corrected chi connectivity index (χ1v) is 11.1. The molecule has 0 fully saturated rings. The Morgan fingerprint density at radius 1 is 0.967 bits per heavy atom. The molecule has 4 nitrogen and oxygen atoms in total. The van der Waals surface area contributed by atoms with Crippen LogP contribution in [0.1, 0.15) is 38.3 Å². The van der Waals surface area contributed by atoms with Crippen molar-refractivity contribution < 1.29 is 9.59 Å². The summed E-state index contributed by atoms with van der Waals surface area (Å²) >= 11 is 18.9. The van der Waals surface area contributed by atoms with E-state index in [0.29, 0.717) is 39.5 Å². The highest BCUT2D eigenvalue weighted by Gasteiger charge is 2.29. The summed E-state index contributed by atoms with van der Waals surface area (Å²) in [6.07, 6.45) is 0.466. The van der Waals surface area contributed by atoms with Gasteiger partial charge in [-0.25, -0.2) is 0 Å². The first-order chi connectivity index (χ1) is 14.2. The molecule has 162 valence electrons. The summed E-state index contributed by atoms with van der Waals surface area (Å²) < 4.78 is 0. The molecule has 2 aromatic rings. The summed E-state index contributed by atoms with van der Waals surface area (Å²) in [6, 6.07) is 11.8. The van der Waals surface area contributed by atoms with Crippen LogP contribution in [0.15, 0.2) is 42.5 Å². The van der Waals surface area contributed by atoms with Gasteiger partial charge in [0.2, 0.25) is 11.8 Å². The van der Waals surface area contributed by atoms with Crippen LogP contribution in [0, 0.1) is 5.92 Å². The number of hydrogen-bond acceptors (Lipinski definition) is 2. The predicted molar refractivity (Wildman–Crippen MR) is 124 cm³/mol. The molecule has 0 saturated heterocycles. The van der Waals surface area contributed by atoms with Gasteiger partial charge in [0, 0.05) is 28.2 Å². The fraction of sp³-hybridized carbons (Fsp3) is 0.391. The normalized spacial score (nSPS) is 12.0. The van der Waals surface area contributed by atoms with E-state index in [1.807, 2.05) is 39.0 Å². The Labute approximate surface area is 193 Å². The van der Waals surface area contributed by atoms with Crippen molar-refractivity contribution in [2.45, 2.75) is 46.2 Å².